The molecule has 1 N–H and O–H groups in total. The molecule has 31 heavy (non-hydrogen) atoms. The lowest BCUT2D eigenvalue weighted by Gasteiger charge is -2.24. The average Bonchev–Trinajstić information content (AvgIpc) is 2.80. The summed E-state index contributed by atoms with van der Waals surface area (Å²) in [4.78, 5) is 16.7. The molecule has 3 aromatic rings. The number of aliphatic hydroxyl groups excluding tert-OH is 1. The van der Waals surface area contributed by atoms with E-state index in [1.807, 2.05) is 38.1 Å². The van der Waals surface area contributed by atoms with E-state index in [-0.39, 0.29) is 6.61 Å². The number of hydrogen-bond acceptors (Lipinski definition) is 5. The second-order valence-corrected chi connectivity index (χ2v) is 7.79. The average molecular weight is 463 g/mol. The summed E-state index contributed by atoms with van der Waals surface area (Å²) in [6.07, 6.45) is 3.31. The minimum Gasteiger partial charge on any atom is -0.396 e. The first-order valence-corrected chi connectivity index (χ1v) is 11.8. The third-order valence-corrected chi connectivity index (χ3v) is 5.37. The number of rotatable bonds is 9. The number of aliphatic hydroxyl groups is 1. The second-order valence-electron chi connectivity index (χ2n) is 6.97. The lowest BCUT2D eigenvalue weighted by Crippen LogP contribution is -2.27. The molecule has 2 aromatic heterocycles. The van der Waals surface area contributed by atoms with Crippen LogP contribution >= 0.6 is 23.2 Å². The molecule has 0 unspecified atom stereocenters. The van der Waals surface area contributed by atoms with Gasteiger partial charge in [-0.2, -0.15) is 0 Å². The van der Waals surface area contributed by atoms with Gasteiger partial charge in [0.05, 0.1) is 21.3 Å². The maximum Gasteiger partial charge on any atom is 0.158 e. The largest absolute Gasteiger partial charge is 0.396 e. The highest BCUT2D eigenvalue weighted by Crippen LogP contribution is 2.30. The molecule has 0 radical (unpaired) electrons. The normalized spacial score (nSPS) is 10.7. The molecule has 2 heterocycles. The van der Waals surface area contributed by atoms with E-state index >= 15 is 0 Å². The van der Waals surface area contributed by atoms with Crippen LogP contribution in [0.3, 0.4) is 0 Å². The Kier molecular flexibility index (Phi) is 10.4. The van der Waals surface area contributed by atoms with Crippen LogP contribution in [0.5, 0.6) is 0 Å². The Bertz CT molecular complexity index is 975. The fourth-order valence-corrected chi connectivity index (χ4v) is 3.59. The molecule has 0 aliphatic rings. The van der Waals surface area contributed by atoms with Crippen molar-refractivity contribution < 1.29 is 5.11 Å². The molecule has 3 rings (SSSR count). The fourth-order valence-electron chi connectivity index (χ4n) is 3.29. The van der Waals surface area contributed by atoms with Crippen molar-refractivity contribution in [3.8, 4) is 11.3 Å². The van der Waals surface area contributed by atoms with Gasteiger partial charge >= 0.3 is 0 Å². The second kappa shape index (κ2) is 12.8. The summed E-state index contributed by atoms with van der Waals surface area (Å²) in [6.45, 7) is 10.2. The minimum atomic E-state index is 0.124. The van der Waals surface area contributed by atoms with Gasteiger partial charge in [-0.25, -0.2) is 15.0 Å². The van der Waals surface area contributed by atoms with E-state index in [1.54, 1.807) is 6.07 Å². The molecular formula is C24H32Cl2N4O. The Morgan fingerprint density at radius 3 is 2.23 bits per heavy atom. The summed E-state index contributed by atoms with van der Waals surface area (Å²) < 4.78 is 0. The van der Waals surface area contributed by atoms with Crippen molar-refractivity contribution in [2.75, 3.05) is 24.6 Å². The van der Waals surface area contributed by atoms with Crippen molar-refractivity contribution in [1.82, 2.24) is 15.0 Å². The first kappa shape index (κ1) is 25.3. The highest BCUT2D eigenvalue weighted by Gasteiger charge is 2.16. The highest BCUT2D eigenvalue weighted by atomic mass is 35.5. The Balaban J connectivity index is 0.00000166. The quantitative estimate of drug-likeness (QED) is 0.389. The van der Waals surface area contributed by atoms with E-state index in [2.05, 4.69) is 23.7 Å². The van der Waals surface area contributed by atoms with E-state index in [0.717, 1.165) is 59.9 Å². The summed E-state index contributed by atoms with van der Waals surface area (Å²) in [5.74, 6) is 1.59. The number of hydrogen-bond donors (Lipinski definition) is 1. The number of fused-ring (bicyclic) bond motifs is 1. The van der Waals surface area contributed by atoms with Gasteiger partial charge < -0.3 is 10.0 Å². The molecule has 1 aromatic carbocycles. The van der Waals surface area contributed by atoms with E-state index < -0.39 is 0 Å². The number of benzene rings is 1. The third kappa shape index (κ3) is 6.52. The summed E-state index contributed by atoms with van der Waals surface area (Å²) in [5, 5.41) is 10.2. The number of aryl methyl sites for hydroxylation is 1. The smallest absolute Gasteiger partial charge is 0.158 e. The summed E-state index contributed by atoms with van der Waals surface area (Å²) >= 11 is 12.3. The molecule has 0 aliphatic heterocycles. The molecule has 0 spiro atoms. The Morgan fingerprint density at radius 1 is 0.903 bits per heavy atom. The molecule has 0 fully saturated rings. The lowest BCUT2D eigenvalue weighted by atomic mass is 10.1. The maximum atomic E-state index is 9.19. The minimum absolute atomic E-state index is 0.124. The molecule has 0 saturated heterocycles. The van der Waals surface area contributed by atoms with Gasteiger partial charge in [0.1, 0.15) is 11.3 Å². The first-order chi connectivity index (χ1) is 15.1. The van der Waals surface area contributed by atoms with Gasteiger partial charge in [0.25, 0.3) is 0 Å². The molecule has 0 saturated carbocycles. The Hall–Kier alpha value is -1.95. The standard InChI is InChI=1S/C22H26Cl2N4O.C2H6/c1-3-11-28(12-4-2)22-21-19(25-20(27-22)6-5-13-29)10-9-18(26-21)15-7-8-16(23)17(24)14-15;1-2/h7-10,14,29H,3-6,11-13H2,1-2H3;1-2H3. The number of anilines is 1. The predicted molar refractivity (Wildman–Crippen MR) is 132 cm³/mol. The number of pyridine rings is 1. The van der Waals surface area contributed by atoms with Crippen molar-refractivity contribution >= 4 is 40.1 Å². The Morgan fingerprint density at radius 2 is 1.61 bits per heavy atom. The zero-order valence-electron chi connectivity index (χ0n) is 18.8. The van der Waals surface area contributed by atoms with E-state index in [9.17, 15) is 5.11 Å². The van der Waals surface area contributed by atoms with Crippen LogP contribution in [0, 0.1) is 0 Å². The molecular weight excluding hydrogens is 431 g/mol. The zero-order valence-corrected chi connectivity index (χ0v) is 20.3. The molecule has 0 bridgehead atoms. The number of aromatic nitrogens is 3. The van der Waals surface area contributed by atoms with Gasteiger partial charge in [0.15, 0.2) is 5.82 Å². The van der Waals surface area contributed by atoms with E-state index in [4.69, 9.17) is 33.2 Å². The van der Waals surface area contributed by atoms with E-state index in [1.165, 1.54) is 0 Å². The lowest BCUT2D eigenvalue weighted by molar-refractivity contribution is 0.287. The Labute approximate surface area is 195 Å². The molecule has 0 atom stereocenters. The van der Waals surface area contributed by atoms with Crippen molar-refractivity contribution in [3.05, 3.63) is 46.2 Å². The fraction of sp³-hybridized carbons (Fsp3) is 0.458. The van der Waals surface area contributed by atoms with Crippen molar-refractivity contribution in [2.45, 2.75) is 53.4 Å². The van der Waals surface area contributed by atoms with Crippen molar-refractivity contribution in [1.29, 1.82) is 0 Å². The van der Waals surface area contributed by atoms with Crippen LogP contribution in [0.4, 0.5) is 5.82 Å². The molecule has 168 valence electrons. The monoisotopic (exact) mass is 462 g/mol. The van der Waals surface area contributed by atoms with Gasteiger partial charge in [0.2, 0.25) is 0 Å². The molecule has 0 amide bonds. The van der Waals surface area contributed by atoms with Gasteiger partial charge in [-0.15, -0.1) is 0 Å². The maximum absolute atomic E-state index is 9.19. The van der Waals surface area contributed by atoms with Crippen LogP contribution in [0.25, 0.3) is 22.3 Å². The predicted octanol–water partition coefficient (Wildman–Crippen LogP) is 6.58. The number of nitrogens with zero attached hydrogens (tertiary/aromatic N) is 4. The summed E-state index contributed by atoms with van der Waals surface area (Å²) in [5.41, 5.74) is 3.29. The van der Waals surface area contributed by atoms with Crippen LogP contribution in [-0.4, -0.2) is 39.8 Å². The SMILES string of the molecule is CC.CCCN(CCC)c1nc(CCCO)nc2ccc(-c3ccc(Cl)c(Cl)c3)nc12. The van der Waals surface area contributed by atoms with Gasteiger partial charge in [-0.05, 0) is 43.5 Å². The van der Waals surface area contributed by atoms with Gasteiger partial charge in [-0.3, -0.25) is 0 Å². The first-order valence-electron chi connectivity index (χ1n) is 11.1. The van der Waals surface area contributed by atoms with E-state index in [0.29, 0.717) is 22.9 Å². The number of halogens is 2. The topological polar surface area (TPSA) is 62.1 Å². The molecule has 0 aliphatic carbocycles. The third-order valence-electron chi connectivity index (χ3n) is 4.63. The molecule has 5 nitrogen and oxygen atoms in total. The van der Waals surface area contributed by atoms with Crippen LogP contribution in [0.2, 0.25) is 10.0 Å². The van der Waals surface area contributed by atoms with Crippen LogP contribution < -0.4 is 4.90 Å². The van der Waals surface area contributed by atoms with Crippen LogP contribution in [0.1, 0.15) is 52.8 Å². The van der Waals surface area contributed by atoms with Crippen LogP contribution in [-0.2, 0) is 6.42 Å². The highest BCUT2D eigenvalue weighted by molar-refractivity contribution is 6.42. The summed E-state index contributed by atoms with van der Waals surface area (Å²) in [7, 11) is 0. The zero-order chi connectivity index (χ0) is 22.8. The van der Waals surface area contributed by atoms with Gasteiger partial charge in [0, 0.05) is 31.7 Å². The molecule has 7 heteroatoms. The van der Waals surface area contributed by atoms with Crippen LogP contribution in [0.15, 0.2) is 30.3 Å². The van der Waals surface area contributed by atoms with Gasteiger partial charge in [-0.1, -0.05) is 57.0 Å². The van der Waals surface area contributed by atoms with Crippen molar-refractivity contribution in [3.63, 3.8) is 0 Å². The summed E-state index contributed by atoms with van der Waals surface area (Å²) in [6, 6.07) is 9.43. The van der Waals surface area contributed by atoms with Crippen molar-refractivity contribution in [2.24, 2.45) is 0 Å².